The number of carbonyl (C=O) groups is 3. The van der Waals surface area contributed by atoms with Crippen molar-refractivity contribution < 1.29 is 22.8 Å². The van der Waals surface area contributed by atoms with Gasteiger partial charge in [0.05, 0.1) is 15.5 Å². The molecular formula is C22H18ClN3O5S. The predicted octanol–water partition coefficient (Wildman–Crippen LogP) is 3.69. The summed E-state index contributed by atoms with van der Waals surface area (Å²) >= 11 is 5.90. The second kappa shape index (κ2) is 9.21. The molecular weight excluding hydrogens is 454 g/mol. The average Bonchev–Trinajstić information content (AvgIpc) is 2.75. The smallest absolute Gasteiger partial charge is 0.261 e. The standard InChI is InChI=1S/C22H18ClN3O5S/c1-13(27)14-4-9-18(10-5-14)32(30,31)26-16-6-2-15(3-7-16)22(29)25-17-8-11-20(23)19(12-17)21(24)28/h2-12,26H,1H3,(H2,24,28)(H,25,29). The number of sulfonamides is 1. The molecule has 0 spiro atoms. The molecule has 0 saturated heterocycles. The summed E-state index contributed by atoms with van der Waals surface area (Å²) in [4.78, 5) is 35.2. The quantitative estimate of drug-likeness (QED) is 0.451. The number of hydrogen-bond acceptors (Lipinski definition) is 5. The number of ketones is 1. The number of halogens is 1. The summed E-state index contributed by atoms with van der Waals surface area (Å²) < 4.78 is 27.5. The zero-order chi connectivity index (χ0) is 23.5. The van der Waals surface area contributed by atoms with Gasteiger partial charge < -0.3 is 11.1 Å². The Morgan fingerprint density at radius 3 is 1.97 bits per heavy atom. The Balaban J connectivity index is 1.72. The number of nitrogens with one attached hydrogen (secondary N) is 2. The molecule has 10 heteroatoms. The van der Waals surface area contributed by atoms with Crippen molar-refractivity contribution >= 4 is 50.6 Å². The largest absolute Gasteiger partial charge is 0.366 e. The van der Waals surface area contributed by atoms with Crippen LogP contribution in [0.25, 0.3) is 0 Å². The Hall–Kier alpha value is -3.69. The molecule has 0 atom stereocenters. The minimum Gasteiger partial charge on any atom is -0.366 e. The van der Waals surface area contributed by atoms with Gasteiger partial charge in [-0.25, -0.2) is 8.42 Å². The molecule has 8 nitrogen and oxygen atoms in total. The molecule has 0 saturated carbocycles. The highest BCUT2D eigenvalue weighted by Crippen LogP contribution is 2.22. The number of primary amides is 1. The van der Waals surface area contributed by atoms with Crippen LogP contribution in [0, 0.1) is 0 Å². The summed E-state index contributed by atoms with van der Waals surface area (Å²) in [6, 6.07) is 15.6. The van der Waals surface area contributed by atoms with Gasteiger partial charge in [0.15, 0.2) is 5.78 Å². The first kappa shape index (κ1) is 23.0. The van der Waals surface area contributed by atoms with Crippen molar-refractivity contribution in [2.24, 2.45) is 5.73 Å². The minimum atomic E-state index is -3.87. The van der Waals surface area contributed by atoms with Gasteiger partial charge in [-0.2, -0.15) is 0 Å². The van der Waals surface area contributed by atoms with Crippen molar-refractivity contribution in [3.8, 4) is 0 Å². The second-order valence-corrected chi connectivity index (χ2v) is 8.87. The maximum atomic E-state index is 12.5. The van der Waals surface area contributed by atoms with Crippen LogP contribution in [0.5, 0.6) is 0 Å². The Morgan fingerprint density at radius 2 is 1.41 bits per heavy atom. The lowest BCUT2D eigenvalue weighted by Gasteiger charge is -2.10. The molecule has 3 rings (SSSR count). The number of rotatable bonds is 7. The zero-order valence-electron chi connectivity index (χ0n) is 16.8. The summed E-state index contributed by atoms with van der Waals surface area (Å²) in [7, 11) is -3.87. The molecule has 4 N–H and O–H groups in total. The predicted molar refractivity (Wildman–Crippen MR) is 122 cm³/mol. The fraction of sp³-hybridized carbons (Fsp3) is 0.0455. The van der Waals surface area contributed by atoms with Crippen LogP contribution in [0.4, 0.5) is 11.4 Å². The number of benzene rings is 3. The van der Waals surface area contributed by atoms with Crippen LogP contribution in [-0.2, 0) is 10.0 Å². The Bertz CT molecular complexity index is 1300. The molecule has 0 aliphatic carbocycles. The highest BCUT2D eigenvalue weighted by molar-refractivity contribution is 7.92. The number of Topliss-reactive ketones (excluding diaryl/α,β-unsaturated/α-hetero) is 1. The zero-order valence-corrected chi connectivity index (χ0v) is 18.3. The monoisotopic (exact) mass is 471 g/mol. The summed E-state index contributed by atoms with van der Waals surface area (Å²) in [6.45, 7) is 1.39. The van der Waals surface area contributed by atoms with E-state index in [1.165, 1.54) is 73.7 Å². The van der Waals surface area contributed by atoms with Crippen molar-refractivity contribution in [1.29, 1.82) is 0 Å². The van der Waals surface area contributed by atoms with Gasteiger partial charge >= 0.3 is 0 Å². The molecule has 164 valence electrons. The third-order valence-electron chi connectivity index (χ3n) is 4.46. The van der Waals surface area contributed by atoms with E-state index in [0.717, 1.165) is 0 Å². The van der Waals surface area contributed by atoms with E-state index >= 15 is 0 Å². The first-order chi connectivity index (χ1) is 15.1. The molecule has 3 aromatic rings. The Kier molecular flexibility index (Phi) is 6.61. The normalized spacial score (nSPS) is 10.9. The van der Waals surface area contributed by atoms with E-state index in [-0.39, 0.29) is 32.5 Å². The third-order valence-corrected chi connectivity index (χ3v) is 6.19. The number of carbonyl (C=O) groups excluding carboxylic acids is 3. The lowest BCUT2D eigenvalue weighted by molar-refractivity contribution is 0.0994. The highest BCUT2D eigenvalue weighted by atomic mass is 35.5. The SMILES string of the molecule is CC(=O)c1ccc(S(=O)(=O)Nc2ccc(C(=O)Nc3ccc(Cl)c(C(N)=O)c3)cc2)cc1. The van der Waals surface area contributed by atoms with E-state index in [1.807, 2.05) is 0 Å². The highest BCUT2D eigenvalue weighted by Gasteiger charge is 2.16. The molecule has 0 unspecified atom stereocenters. The van der Waals surface area contributed by atoms with E-state index < -0.39 is 21.8 Å². The lowest BCUT2D eigenvalue weighted by atomic mass is 10.1. The molecule has 0 heterocycles. The van der Waals surface area contributed by atoms with Gasteiger partial charge in [0.25, 0.3) is 15.9 Å². The summed E-state index contributed by atoms with van der Waals surface area (Å²) in [5.41, 5.74) is 6.56. The van der Waals surface area contributed by atoms with Crippen LogP contribution in [0.2, 0.25) is 5.02 Å². The Labute approximate surface area is 189 Å². The van der Waals surface area contributed by atoms with Crippen LogP contribution in [0.3, 0.4) is 0 Å². The van der Waals surface area contributed by atoms with E-state index in [0.29, 0.717) is 11.3 Å². The van der Waals surface area contributed by atoms with Crippen molar-refractivity contribution in [3.63, 3.8) is 0 Å². The minimum absolute atomic E-state index is 0.00249. The summed E-state index contributed by atoms with van der Waals surface area (Å²) in [5.74, 6) is -1.36. The van der Waals surface area contributed by atoms with Crippen molar-refractivity contribution in [2.75, 3.05) is 10.0 Å². The van der Waals surface area contributed by atoms with Gasteiger partial charge in [-0.3, -0.25) is 19.1 Å². The molecule has 32 heavy (non-hydrogen) atoms. The van der Waals surface area contributed by atoms with Crippen LogP contribution in [-0.4, -0.2) is 26.0 Å². The number of amides is 2. The van der Waals surface area contributed by atoms with Gasteiger partial charge in [-0.1, -0.05) is 23.7 Å². The van der Waals surface area contributed by atoms with Crippen LogP contribution < -0.4 is 15.8 Å². The first-order valence-electron chi connectivity index (χ1n) is 9.21. The number of hydrogen-bond donors (Lipinski definition) is 3. The van der Waals surface area contributed by atoms with E-state index in [9.17, 15) is 22.8 Å². The van der Waals surface area contributed by atoms with Gasteiger partial charge in [-0.15, -0.1) is 0 Å². The van der Waals surface area contributed by atoms with E-state index in [1.54, 1.807) is 0 Å². The van der Waals surface area contributed by atoms with E-state index in [4.69, 9.17) is 17.3 Å². The lowest BCUT2D eigenvalue weighted by Crippen LogP contribution is -2.15. The molecule has 3 aromatic carbocycles. The number of anilines is 2. The fourth-order valence-corrected chi connectivity index (χ4v) is 4.04. The third kappa shape index (κ3) is 5.32. The van der Waals surface area contributed by atoms with E-state index in [2.05, 4.69) is 10.0 Å². The van der Waals surface area contributed by atoms with Crippen LogP contribution >= 0.6 is 11.6 Å². The van der Waals surface area contributed by atoms with Crippen molar-refractivity contribution in [3.05, 3.63) is 88.4 Å². The Morgan fingerprint density at radius 1 is 0.844 bits per heavy atom. The topological polar surface area (TPSA) is 135 Å². The molecule has 0 aliphatic heterocycles. The summed E-state index contributed by atoms with van der Waals surface area (Å²) in [6.07, 6.45) is 0. The van der Waals surface area contributed by atoms with Gasteiger partial charge in [0.2, 0.25) is 5.91 Å². The maximum absolute atomic E-state index is 12.5. The van der Waals surface area contributed by atoms with Crippen molar-refractivity contribution in [2.45, 2.75) is 11.8 Å². The molecule has 0 radical (unpaired) electrons. The molecule has 0 aliphatic rings. The first-order valence-corrected chi connectivity index (χ1v) is 11.1. The molecule has 0 bridgehead atoms. The number of nitrogens with two attached hydrogens (primary N) is 1. The average molecular weight is 472 g/mol. The molecule has 0 fully saturated rings. The van der Waals surface area contributed by atoms with Gasteiger partial charge in [-0.05, 0) is 61.5 Å². The molecule has 2 amide bonds. The van der Waals surface area contributed by atoms with Crippen LogP contribution in [0.1, 0.15) is 38.0 Å². The van der Waals surface area contributed by atoms with Crippen LogP contribution in [0.15, 0.2) is 71.6 Å². The molecule has 0 aromatic heterocycles. The summed E-state index contributed by atoms with van der Waals surface area (Å²) in [5, 5.41) is 2.79. The second-order valence-electron chi connectivity index (χ2n) is 6.78. The van der Waals surface area contributed by atoms with Crippen molar-refractivity contribution in [1.82, 2.24) is 0 Å². The van der Waals surface area contributed by atoms with Gasteiger partial charge in [0.1, 0.15) is 0 Å². The van der Waals surface area contributed by atoms with Gasteiger partial charge in [0, 0.05) is 22.5 Å². The maximum Gasteiger partial charge on any atom is 0.261 e. The fourth-order valence-electron chi connectivity index (χ4n) is 2.77.